The maximum absolute atomic E-state index is 13.4. The Bertz CT molecular complexity index is 607. The lowest BCUT2D eigenvalue weighted by Crippen LogP contribution is -2.24. The van der Waals surface area contributed by atoms with Gasteiger partial charge in [0.15, 0.2) is 0 Å². The highest BCUT2D eigenvalue weighted by Crippen LogP contribution is 2.35. The Hall–Kier alpha value is -1.32. The summed E-state index contributed by atoms with van der Waals surface area (Å²) in [4.78, 5) is 6.10. The van der Waals surface area contributed by atoms with Crippen LogP contribution in [0.4, 0.5) is 8.78 Å². The molecule has 2 rings (SSSR count). The zero-order chi connectivity index (χ0) is 16.5. The molecule has 0 aromatic carbocycles. The molecule has 1 atom stereocenters. The Labute approximate surface area is 131 Å². The average Bonchev–Trinajstić information content (AvgIpc) is 3.27. The van der Waals surface area contributed by atoms with Crippen LogP contribution in [0.15, 0.2) is 30.6 Å². The van der Waals surface area contributed by atoms with Crippen LogP contribution < -0.4 is 5.30 Å². The second-order valence-corrected chi connectivity index (χ2v) is 6.35. The lowest BCUT2D eigenvalue weighted by molar-refractivity contribution is 0.0619. The minimum Gasteiger partial charge on any atom is -0.392 e. The second-order valence-electron chi connectivity index (χ2n) is 5.73. The van der Waals surface area contributed by atoms with Gasteiger partial charge in [-0.05, 0) is 36.7 Å². The van der Waals surface area contributed by atoms with Crippen LogP contribution in [-0.2, 0) is 6.61 Å². The quantitative estimate of drug-likeness (QED) is 0.816. The van der Waals surface area contributed by atoms with Gasteiger partial charge in [-0.2, -0.15) is 0 Å². The van der Waals surface area contributed by atoms with E-state index in [0.717, 1.165) is 25.1 Å². The molecule has 0 saturated heterocycles. The van der Waals surface area contributed by atoms with E-state index < -0.39 is 5.92 Å². The molecule has 1 heterocycles. The molecular weight excluding hydrogens is 305 g/mol. The van der Waals surface area contributed by atoms with E-state index in [1.165, 1.54) is 13.1 Å². The molecule has 1 aliphatic carbocycles. The first-order chi connectivity index (χ1) is 10.2. The predicted octanol–water partition coefficient (Wildman–Crippen LogP) is 3.07. The van der Waals surface area contributed by atoms with Gasteiger partial charge in [-0.25, -0.2) is 8.78 Å². The molecule has 3 nitrogen and oxygen atoms in total. The van der Waals surface area contributed by atoms with Gasteiger partial charge in [-0.15, -0.1) is 9.24 Å². The largest absolute Gasteiger partial charge is 0.392 e. The molecule has 120 valence electrons. The van der Waals surface area contributed by atoms with Crippen molar-refractivity contribution >= 4 is 20.2 Å². The van der Waals surface area contributed by atoms with Crippen LogP contribution in [0.25, 0.3) is 5.70 Å². The van der Waals surface area contributed by atoms with E-state index in [1.807, 2.05) is 0 Å². The summed E-state index contributed by atoms with van der Waals surface area (Å²) in [6.07, 6.45) is 4.97. The number of alkyl halides is 2. The number of aliphatic hydroxyl groups is 1. The summed E-state index contributed by atoms with van der Waals surface area (Å²) in [5.74, 6) is -2.86. The third kappa shape index (κ3) is 3.90. The Morgan fingerprint density at radius 1 is 1.59 bits per heavy atom. The number of halogens is 2. The van der Waals surface area contributed by atoms with E-state index in [9.17, 15) is 8.78 Å². The zero-order valence-corrected chi connectivity index (χ0v) is 14.0. The first-order valence-corrected chi connectivity index (χ1v) is 7.71. The van der Waals surface area contributed by atoms with Crippen LogP contribution >= 0.6 is 9.24 Å². The lowest BCUT2D eigenvalue weighted by Gasteiger charge is -2.25. The number of aromatic nitrogens is 1. The van der Waals surface area contributed by atoms with Gasteiger partial charge < -0.3 is 10.0 Å². The van der Waals surface area contributed by atoms with E-state index in [0.29, 0.717) is 17.0 Å². The highest BCUT2D eigenvalue weighted by Gasteiger charge is 2.32. The summed E-state index contributed by atoms with van der Waals surface area (Å²) in [5, 5.41) is 9.92. The maximum atomic E-state index is 13.4. The molecule has 22 heavy (non-hydrogen) atoms. The summed E-state index contributed by atoms with van der Waals surface area (Å²) in [6.45, 7) is 6.26. The first kappa shape index (κ1) is 17.0. The van der Waals surface area contributed by atoms with E-state index in [-0.39, 0.29) is 18.2 Å². The molecule has 0 aliphatic heterocycles. The van der Waals surface area contributed by atoms with Crippen LogP contribution in [0.3, 0.4) is 0 Å². The van der Waals surface area contributed by atoms with Crippen molar-refractivity contribution in [3.05, 3.63) is 41.9 Å². The third-order valence-electron chi connectivity index (χ3n) is 3.71. The van der Waals surface area contributed by atoms with Crippen LogP contribution in [-0.4, -0.2) is 27.0 Å². The molecule has 0 amide bonds. The van der Waals surface area contributed by atoms with E-state index in [2.05, 4.69) is 20.8 Å². The number of allylic oxidation sites excluding steroid dienone is 1. The number of hydrogen-bond acceptors (Lipinski definition) is 3. The number of rotatable bonds is 6. The number of hydrogen-bond donors (Lipinski definition) is 1. The molecule has 1 aliphatic rings. The highest BCUT2D eigenvalue weighted by molar-refractivity contribution is 7.27. The Kier molecular flexibility index (Phi) is 4.98. The highest BCUT2D eigenvalue weighted by atomic mass is 31.0. The zero-order valence-electron chi connectivity index (χ0n) is 12.8. The maximum Gasteiger partial charge on any atom is 0.268 e. The van der Waals surface area contributed by atoms with Crippen LogP contribution in [0.2, 0.25) is 0 Å². The van der Waals surface area contributed by atoms with Crippen molar-refractivity contribution in [2.24, 2.45) is 0 Å². The summed E-state index contributed by atoms with van der Waals surface area (Å²) in [6, 6.07) is 2.00. The molecule has 1 aromatic rings. The minimum atomic E-state index is -2.86. The van der Waals surface area contributed by atoms with Gasteiger partial charge in [0.2, 0.25) is 0 Å². The van der Waals surface area contributed by atoms with Crippen molar-refractivity contribution in [1.29, 1.82) is 0 Å². The van der Waals surface area contributed by atoms with E-state index >= 15 is 0 Å². The average molecular weight is 326 g/mol. The van der Waals surface area contributed by atoms with Crippen molar-refractivity contribution in [1.82, 2.24) is 9.88 Å². The summed E-state index contributed by atoms with van der Waals surface area (Å²) < 4.78 is 26.9. The molecule has 6 heteroatoms. The fourth-order valence-electron chi connectivity index (χ4n) is 2.06. The second kappa shape index (κ2) is 6.43. The normalized spacial score (nSPS) is 15.8. The lowest BCUT2D eigenvalue weighted by atomic mass is 10.1. The van der Waals surface area contributed by atoms with Gasteiger partial charge in [0.1, 0.15) is 0 Å². The van der Waals surface area contributed by atoms with Gasteiger partial charge >= 0.3 is 0 Å². The number of pyridine rings is 1. The van der Waals surface area contributed by atoms with Crippen LogP contribution in [0, 0.1) is 0 Å². The van der Waals surface area contributed by atoms with Crippen molar-refractivity contribution in [3.8, 4) is 0 Å². The molecule has 1 N–H and O–H groups in total. The SMILES string of the molecule is C=C(c1ncc(CO)cc1P)N(/C=C(\C)C(C)(F)F)C1CC1. The van der Waals surface area contributed by atoms with Gasteiger partial charge in [-0.3, -0.25) is 4.98 Å². The van der Waals surface area contributed by atoms with Crippen LogP contribution in [0.5, 0.6) is 0 Å². The molecule has 0 radical (unpaired) electrons. The Balaban J connectivity index is 2.32. The summed E-state index contributed by atoms with van der Waals surface area (Å²) in [7, 11) is 2.56. The van der Waals surface area contributed by atoms with Gasteiger partial charge in [0.25, 0.3) is 5.92 Å². The molecule has 1 aromatic heterocycles. The van der Waals surface area contributed by atoms with Gasteiger partial charge in [0.05, 0.1) is 18.0 Å². The Morgan fingerprint density at radius 3 is 2.68 bits per heavy atom. The van der Waals surface area contributed by atoms with Crippen LogP contribution in [0.1, 0.15) is 37.9 Å². The van der Waals surface area contributed by atoms with Crippen molar-refractivity contribution in [2.45, 2.75) is 45.3 Å². The third-order valence-corrected chi connectivity index (χ3v) is 4.15. The number of nitrogens with zero attached hydrogens (tertiary/aromatic N) is 2. The molecule has 1 saturated carbocycles. The molecule has 1 fully saturated rings. The first-order valence-electron chi connectivity index (χ1n) is 7.13. The van der Waals surface area contributed by atoms with E-state index in [4.69, 9.17) is 5.11 Å². The topological polar surface area (TPSA) is 36.4 Å². The minimum absolute atomic E-state index is 0.00201. The summed E-state index contributed by atoms with van der Waals surface area (Å²) in [5.41, 5.74) is 1.93. The van der Waals surface area contributed by atoms with E-state index in [1.54, 1.807) is 17.2 Å². The smallest absolute Gasteiger partial charge is 0.268 e. The van der Waals surface area contributed by atoms with Crippen molar-refractivity contribution in [3.63, 3.8) is 0 Å². The molecule has 0 bridgehead atoms. The molecular formula is C16H21F2N2OP. The predicted molar refractivity (Wildman–Crippen MR) is 87.8 cm³/mol. The fraction of sp³-hybridized carbons (Fsp3) is 0.438. The standard InChI is InChI=1S/C16H21F2N2OP/c1-10(16(3,17)18)8-20(13-4-5-13)11(2)15-14(22)6-12(9-21)7-19-15/h6-8,13,21H,2,4-5,9,22H2,1,3H3/b10-8+. The molecule has 0 spiro atoms. The van der Waals surface area contributed by atoms with Gasteiger partial charge in [-0.1, -0.05) is 6.58 Å². The fourth-order valence-corrected chi connectivity index (χ4v) is 2.51. The number of aliphatic hydroxyl groups excluding tert-OH is 1. The van der Waals surface area contributed by atoms with Crippen molar-refractivity contribution < 1.29 is 13.9 Å². The van der Waals surface area contributed by atoms with Crippen molar-refractivity contribution in [2.75, 3.05) is 0 Å². The Morgan fingerprint density at radius 2 is 2.23 bits per heavy atom. The van der Waals surface area contributed by atoms with Gasteiger partial charge in [0, 0.05) is 30.9 Å². The monoisotopic (exact) mass is 326 g/mol. The molecule has 1 unspecified atom stereocenters. The summed E-state index contributed by atoms with van der Waals surface area (Å²) >= 11 is 0.